The molecule has 0 aliphatic carbocycles. The van der Waals surface area contributed by atoms with E-state index in [0.717, 1.165) is 5.56 Å². The van der Waals surface area contributed by atoms with E-state index in [0.29, 0.717) is 12.5 Å². The summed E-state index contributed by atoms with van der Waals surface area (Å²) in [6.07, 6.45) is 0. The molecule has 1 rings (SSSR count). The van der Waals surface area contributed by atoms with Crippen LogP contribution >= 0.6 is 0 Å². The maximum Gasteiger partial charge on any atom is 0.186 e. The van der Waals surface area contributed by atoms with Crippen molar-refractivity contribution in [1.29, 1.82) is 5.41 Å². The fraction of sp³-hybridized carbons (Fsp3) is 0.417. The standard InChI is InChI=1S/C12H17NO/c1-12(2,3)11(13)14-9-10-7-5-4-6-8-10/h4-8,13H,9H2,1-3H3. The first-order chi connectivity index (χ1) is 6.50. The lowest BCUT2D eigenvalue weighted by Gasteiger charge is -2.19. The average Bonchev–Trinajstić information content (AvgIpc) is 2.14. The summed E-state index contributed by atoms with van der Waals surface area (Å²) >= 11 is 0. The number of ether oxygens (including phenoxy) is 1. The van der Waals surface area contributed by atoms with Crippen LogP contribution in [0.2, 0.25) is 0 Å². The number of hydrogen-bond donors (Lipinski definition) is 1. The number of hydrogen-bond acceptors (Lipinski definition) is 2. The summed E-state index contributed by atoms with van der Waals surface area (Å²) in [7, 11) is 0. The Hall–Kier alpha value is -1.31. The van der Waals surface area contributed by atoms with E-state index in [4.69, 9.17) is 10.1 Å². The molecule has 0 spiro atoms. The summed E-state index contributed by atoms with van der Waals surface area (Å²) in [4.78, 5) is 0. The van der Waals surface area contributed by atoms with Gasteiger partial charge in [0.1, 0.15) is 6.61 Å². The second-order valence-electron chi connectivity index (χ2n) is 4.35. The van der Waals surface area contributed by atoms with Gasteiger partial charge in [-0.25, -0.2) is 0 Å². The Morgan fingerprint density at radius 3 is 2.29 bits per heavy atom. The third-order valence-corrected chi connectivity index (χ3v) is 1.91. The van der Waals surface area contributed by atoms with E-state index in [-0.39, 0.29) is 5.41 Å². The first-order valence-electron chi connectivity index (χ1n) is 4.76. The fourth-order valence-electron chi connectivity index (χ4n) is 0.946. The maximum atomic E-state index is 7.67. The van der Waals surface area contributed by atoms with Crippen molar-refractivity contribution in [3.8, 4) is 0 Å². The molecule has 1 aromatic carbocycles. The monoisotopic (exact) mass is 191 g/mol. The van der Waals surface area contributed by atoms with Gasteiger partial charge < -0.3 is 4.74 Å². The summed E-state index contributed by atoms with van der Waals surface area (Å²) in [6, 6.07) is 9.91. The van der Waals surface area contributed by atoms with Gasteiger partial charge in [-0.3, -0.25) is 5.41 Å². The fourth-order valence-corrected chi connectivity index (χ4v) is 0.946. The second kappa shape index (κ2) is 4.27. The van der Waals surface area contributed by atoms with Gasteiger partial charge in [0.15, 0.2) is 5.90 Å². The molecule has 1 aromatic rings. The van der Waals surface area contributed by atoms with Crippen LogP contribution in [0.4, 0.5) is 0 Å². The number of nitrogens with one attached hydrogen (secondary N) is 1. The van der Waals surface area contributed by atoms with Gasteiger partial charge >= 0.3 is 0 Å². The lowest BCUT2D eigenvalue weighted by Crippen LogP contribution is -2.21. The third-order valence-electron chi connectivity index (χ3n) is 1.91. The van der Waals surface area contributed by atoms with Crippen LogP contribution in [0.1, 0.15) is 26.3 Å². The topological polar surface area (TPSA) is 33.1 Å². The predicted molar refractivity (Wildman–Crippen MR) is 58.4 cm³/mol. The van der Waals surface area contributed by atoms with E-state index in [1.54, 1.807) is 0 Å². The highest BCUT2D eigenvalue weighted by molar-refractivity contribution is 5.78. The van der Waals surface area contributed by atoms with Crippen LogP contribution in [-0.4, -0.2) is 5.90 Å². The van der Waals surface area contributed by atoms with Crippen molar-refractivity contribution in [2.45, 2.75) is 27.4 Å². The molecular formula is C12H17NO. The van der Waals surface area contributed by atoms with Crippen molar-refractivity contribution in [3.05, 3.63) is 35.9 Å². The van der Waals surface area contributed by atoms with Crippen molar-refractivity contribution < 1.29 is 4.74 Å². The van der Waals surface area contributed by atoms with Crippen LogP contribution in [0.15, 0.2) is 30.3 Å². The van der Waals surface area contributed by atoms with Crippen molar-refractivity contribution in [2.75, 3.05) is 0 Å². The molecule has 0 bridgehead atoms. The van der Waals surface area contributed by atoms with E-state index >= 15 is 0 Å². The molecule has 0 amide bonds. The van der Waals surface area contributed by atoms with Crippen LogP contribution in [0.3, 0.4) is 0 Å². The van der Waals surface area contributed by atoms with Crippen LogP contribution in [0, 0.1) is 10.8 Å². The largest absolute Gasteiger partial charge is 0.476 e. The van der Waals surface area contributed by atoms with Crippen LogP contribution in [0.25, 0.3) is 0 Å². The molecule has 0 atom stereocenters. The highest BCUT2D eigenvalue weighted by Crippen LogP contribution is 2.16. The second-order valence-corrected chi connectivity index (χ2v) is 4.35. The van der Waals surface area contributed by atoms with Gasteiger partial charge in [-0.15, -0.1) is 0 Å². The maximum absolute atomic E-state index is 7.67. The van der Waals surface area contributed by atoms with E-state index in [9.17, 15) is 0 Å². The third kappa shape index (κ3) is 3.21. The Morgan fingerprint density at radius 1 is 1.21 bits per heavy atom. The summed E-state index contributed by atoms with van der Waals surface area (Å²) in [5, 5.41) is 7.67. The number of rotatable bonds is 2. The molecule has 2 heteroatoms. The molecule has 0 aliphatic rings. The van der Waals surface area contributed by atoms with Gasteiger partial charge in [0, 0.05) is 5.41 Å². The molecule has 14 heavy (non-hydrogen) atoms. The summed E-state index contributed by atoms with van der Waals surface area (Å²) < 4.78 is 5.38. The first-order valence-corrected chi connectivity index (χ1v) is 4.76. The molecule has 0 fully saturated rings. The summed E-state index contributed by atoms with van der Waals surface area (Å²) in [5.74, 6) is 0.335. The first kappa shape index (κ1) is 10.8. The highest BCUT2D eigenvalue weighted by atomic mass is 16.5. The van der Waals surface area contributed by atoms with Crippen molar-refractivity contribution in [3.63, 3.8) is 0 Å². The minimum atomic E-state index is -0.200. The molecule has 0 saturated carbocycles. The van der Waals surface area contributed by atoms with E-state index in [1.165, 1.54) is 0 Å². The average molecular weight is 191 g/mol. The Balaban J connectivity index is 2.46. The van der Waals surface area contributed by atoms with Crippen molar-refractivity contribution in [2.24, 2.45) is 5.41 Å². The summed E-state index contributed by atoms with van der Waals surface area (Å²) in [6.45, 7) is 6.40. The smallest absolute Gasteiger partial charge is 0.186 e. The Morgan fingerprint density at radius 2 is 1.79 bits per heavy atom. The van der Waals surface area contributed by atoms with Crippen molar-refractivity contribution in [1.82, 2.24) is 0 Å². The lowest BCUT2D eigenvalue weighted by atomic mass is 9.97. The predicted octanol–water partition coefficient (Wildman–Crippen LogP) is 3.23. The minimum Gasteiger partial charge on any atom is -0.476 e. The number of benzene rings is 1. The van der Waals surface area contributed by atoms with Gasteiger partial charge in [0.2, 0.25) is 0 Å². The molecule has 0 aliphatic heterocycles. The molecule has 0 unspecified atom stereocenters. The van der Waals surface area contributed by atoms with Crippen molar-refractivity contribution >= 4 is 5.90 Å². The van der Waals surface area contributed by atoms with Gasteiger partial charge in [-0.2, -0.15) is 0 Å². The van der Waals surface area contributed by atoms with Crippen LogP contribution < -0.4 is 0 Å². The highest BCUT2D eigenvalue weighted by Gasteiger charge is 2.18. The van der Waals surface area contributed by atoms with Gasteiger partial charge in [-0.1, -0.05) is 51.1 Å². The lowest BCUT2D eigenvalue weighted by molar-refractivity contribution is 0.248. The SMILES string of the molecule is CC(C)(C)C(=N)OCc1ccccc1. The zero-order valence-corrected chi connectivity index (χ0v) is 9.00. The van der Waals surface area contributed by atoms with E-state index in [2.05, 4.69) is 0 Å². The van der Waals surface area contributed by atoms with E-state index < -0.39 is 0 Å². The zero-order valence-electron chi connectivity index (χ0n) is 9.00. The van der Waals surface area contributed by atoms with Gasteiger partial charge in [0.05, 0.1) is 0 Å². The molecular weight excluding hydrogens is 174 g/mol. The molecule has 76 valence electrons. The molecule has 2 nitrogen and oxygen atoms in total. The van der Waals surface area contributed by atoms with Crippen LogP contribution in [0.5, 0.6) is 0 Å². The summed E-state index contributed by atoms with van der Waals surface area (Å²) in [5.41, 5.74) is 0.899. The minimum absolute atomic E-state index is 0.200. The molecule has 1 N–H and O–H groups in total. The van der Waals surface area contributed by atoms with Gasteiger partial charge in [0.25, 0.3) is 0 Å². The van der Waals surface area contributed by atoms with Crippen LogP contribution in [-0.2, 0) is 11.3 Å². The van der Waals surface area contributed by atoms with E-state index in [1.807, 2.05) is 51.1 Å². The zero-order chi connectivity index (χ0) is 10.6. The normalized spacial score (nSPS) is 11.1. The van der Waals surface area contributed by atoms with Gasteiger partial charge in [-0.05, 0) is 5.56 Å². The Labute approximate surface area is 85.4 Å². The quantitative estimate of drug-likeness (QED) is 0.565. The molecule has 0 heterocycles. The molecule has 0 aromatic heterocycles. The molecule has 0 saturated heterocycles. The Bertz CT molecular complexity index is 298. The molecule has 0 radical (unpaired) electrons. The Kier molecular flexibility index (Phi) is 3.28.